The van der Waals surface area contributed by atoms with Crippen molar-refractivity contribution in [3.05, 3.63) is 94.4 Å². The lowest BCUT2D eigenvalue weighted by molar-refractivity contribution is -0.646. The number of halogens is 1. The van der Waals surface area contributed by atoms with Crippen LogP contribution in [0.25, 0.3) is 28.7 Å². The Morgan fingerprint density at radius 1 is 0.889 bits per heavy atom. The molecule has 0 saturated heterocycles. The summed E-state index contributed by atoms with van der Waals surface area (Å²) < 4.78 is 4.47. The molecular formula is C24H22ClN2+. The van der Waals surface area contributed by atoms with Crippen LogP contribution in [0.3, 0.4) is 0 Å². The summed E-state index contributed by atoms with van der Waals surface area (Å²) in [6.45, 7) is 4.31. The van der Waals surface area contributed by atoms with Crippen molar-refractivity contribution in [1.82, 2.24) is 4.57 Å². The van der Waals surface area contributed by atoms with Gasteiger partial charge in [-0.15, -0.1) is 0 Å². The molecule has 2 nitrogen and oxygen atoms in total. The fourth-order valence-electron chi connectivity index (χ4n) is 3.65. The number of benzene rings is 2. The minimum atomic E-state index is 0.755. The van der Waals surface area contributed by atoms with E-state index in [1.165, 1.54) is 28.0 Å². The van der Waals surface area contributed by atoms with Crippen molar-refractivity contribution in [2.45, 2.75) is 13.8 Å². The van der Waals surface area contributed by atoms with Gasteiger partial charge in [-0.3, -0.25) is 0 Å². The highest BCUT2D eigenvalue weighted by Crippen LogP contribution is 2.23. The van der Waals surface area contributed by atoms with Crippen molar-refractivity contribution in [2.75, 3.05) is 0 Å². The Hall–Kier alpha value is -2.84. The monoisotopic (exact) mass is 373 g/mol. The van der Waals surface area contributed by atoms with Crippen LogP contribution < -0.4 is 4.57 Å². The number of hydrogen-bond acceptors (Lipinski definition) is 0. The van der Waals surface area contributed by atoms with Crippen molar-refractivity contribution < 1.29 is 4.57 Å². The third kappa shape index (κ3) is 3.29. The summed E-state index contributed by atoms with van der Waals surface area (Å²) >= 11 is 6.18. The molecule has 0 radical (unpaired) electrons. The van der Waals surface area contributed by atoms with E-state index in [0.717, 1.165) is 16.2 Å². The average Bonchev–Trinajstić information content (AvgIpc) is 2.96. The molecule has 0 fully saturated rings. The van der Waals surface area contributed by atoms with Gasteiger partial charge in [-0.1, -0.05) is 29.8 Å². The summed E-state index contributed by atoms with van der Waals surface area (Å²) in [4.78, 5) is 0. The van der Waals surface area contributed by atoms with E-state index in [1.54, 1.807) is 0 Å². The quantitative estimate of drug-likeness (QED) is 0.395. The number of aromatic nitrogens is 2. The van der Waals surface area contributed by atoms with Gasteiger partial charge in [0.05, 0.1) is 0 Å². The number of aryl methyl sites for hydroxylation is 2. The van der Waals surface area contributed by atoms with Gasteiger partial charge in [-0.05, 0) is 61.9 Å². The molecule has 2 aromatic heterocycles. The fraction of sp³-hybridized carbons (Fsp3) is 0.125. The van der Waals surface area contributed by atoms with Gasteiger partial charge in [-0.2, -0.15) is 4.57 Å². The molecule has 2 aromatic carbocycles. The fourth-order valence-corrected chi connectivity index (χ4v) is 3.81. The van der Waals surface area contributed by atoms with Gasteiger partial charge in [0, 0.05) is 45.7 Å². The number of hydrogen-bond donors (Lipinski definition) is 0. The molecule has 134 valence electrons. The first-order valence-corrected chi connectivity index (χ1v) is 9.43. The first-order chi connectivity index (χ1) is 13.0. The Morgan fingerprint density at radius 3 is 2.41 bits per heavy atom. The number of nitrogens with zero attached hydrogens (tertiary/aromatic N) is 2. The normalized spacial score (nSPS) is 11.6. The molecule has 0 aliphatic heterocycles. The molecule has 3 heteroatoms. The van der Waals surface area contributed by atoms with Crippen LogP contribution in [0.15, 0.2) is 66.7 Å². The van der Waals surface area contributed by atoms with Crippen LogP contribution in [0.1, 0.15) is 22.6 Å². The van der Waals surface area contributed by atoms with E-state index in [2.05, 4.69) is 90.7 Å². The van der Waals surface area contributed by atoms with Crippen molar-refractivity contribution >= 4 is 34.7 Å². The van der Waals surface area contributed by atoms with Crippen LogP contribution in [0.5, 0.6) is 0 Å². The maximum Gasteiger partial charge on any atom is 0.214 e. The maximum absolute atomic E-state index is 6.18. The lowest BCUT2D eigenvalue weighted by Crippen LogP contribution is -2.32. The first kappa shape index (κ1) is 17.6. The molecule has 0 amide bonds. The van der Waals surface area contributed by atoms with E-state index in [0.29, 0.717) is 0 Å². The molecule has 0 spiro atoms. The third-order valence-electron chi connectivity index (χ3n) is 5.09. The standard InChI is InChI=1S/C24H22ClN2/c1-17-15-20(18(2)27(17)23-7-5-4-6-8-23)11-14-22-13-10-19-9-12-21(25)16-24(19)26(22)3/h4-16H,1-3H3/q+1. The second-order valence-electron chi connectivity index (χ2n) is 6.85. The molecule has 4 rings (SSSR count). The van der Waals surface area contributed by atoms with Crippen LogP contribution in [0, 0.1) is 13.8 Å². The van der Waals surface area contributed by atoms with Gasteiger partial charge in [-0.25, -0.2) is 0 Å². The molecule has 27 heavy (non-hydrogen) atoms. The summed E-state index contributed by atoms with van der Waals surface area (Å²) in [7, 11) is 2.07. The van der Waals surface area contributed by atoms with Crippen molar-refractivity contribution in [3.8, 4) is 5.69 Å². The summed E-state index contributed by atoms with van der Waals surface area (Å²) in [5.74, 6) is 0. The lowest BCUT2D eigenvalue weighted by Gasteiger charge is -2.09. The molecule has 0 bridgehead atoms. The minimum Gasteiger partial charge on any atom is -0.318 e. The van der Waals surface area contributed by atoms with E-state index >= 15 is 0 Å². The van der Waals surface area contributed by atoms with Crippen LogP contribution >= 0.6 is 11.6 Å². The summed E-state index contributed by atoms with van der Waals surface area (Å²) in [5.41, 5.74) is 7.14. The number of para-hydroxylation sites is 1. The van der Waals surface area contributed by atoms with E-state index in [-0.39, 0.29) is 0 Å². The van der Waals surface area contributed by atoms with Gasteiger partial charge < -0.3 is 4.57 Å². The van der Waals surface area contributed by atoms with E-state index in [1.807, 2.05) is 18.2 Å². The number of fused-ring (bicyclic) bond motifs is 1. The lowest BCUT2D eigenvalue weighted by atomic mass is 10.1. The zero-order valence-corrected chi connectivity index (χ0v) is 16.5. The SMILES string of the molecule is Cc1cc(/C=C/c2ccc3ccc(Cl)cc3[n+]2C)c(C)n1-c1ccccc1. The highest BCUT2D eigenvalue weighted by atomic mass is 35.5. The van der Waals surface area contributed by atoms with Crippen LogP contribution in [-0.2, 0) is 7.05 Å². The number of rotatable bonds is 3. The predicted molar refractivity (Wildman–Crippen MR) is 114 cm³/mol. The summed E-state index contributed by atoms with van der Waals surface area (Å²) in [5, 5.41) is 1.94. The zero-order chi connectivity index (χ0) is 19.0. The Balaban J connectivity index is 1.74. The zero-order valence-electron chi connectivity index (χ0n) is 15.8. The van der Waals surface area contributed by atoms with Gasteiger partial charge >= 0.3 is 0 Å². The Labute approximate surface area is 165 Å². The molecule has 0 N–H and O–H groups in total. The molecule has 0 aliphatic carbocycles. The third-order valence-corrected chi connectivity index (χ3v) is 5.33. The van der Waals surface area contributed by atoms with Gasteiger partial charge in [0.15, 0.2) is 0 Å². The summed E-state index contributed by atoms with van der Waals surface area (Å²) in [6.07, 6.45) is 4.35. The van der Waals surface area contributed by atoms with Crippen molar-refractivity contribution in [1.29, 1.82) is 0 Å². The van der Waals surface area contributed by atoms with Gasteiger partial charge in [0.1, 0.15) is 7.05 Å². The second-order valence-corrected chi connectivity index (χ2v) is 7.29. The molecule has 0 saturated carbocycles. The smallest absolute Gasteiger partial charge is 0.214 e. The topological polar surface area (TPSA) is 8.81 Å². The molecular weight excluding hydrogens is 352 g/mol. The second kappa shape index (κ2) is 7.05. The maximum atomic E-state index is 6.18. The number of pyridine rings is 1. The Morgan fingerprint density at radius 2 is 1.63 bits per heavy atom. The van der Waals surface area contributed by atoms with Gasteiger partial charge in [0.25, 0.3) is 0 Å². The highest BCUT2D eigenvalue weighted by molar-refractivity contribution is 6.31. The van der Waals surface area contributed by atoms with Crippen molar-refractivity contribution in [2.24, 2.45) is 7.05 Å². The Bertz CT molecular complexity index is 1150. The highest BCUT2D eigenvalue weighted by Gasteiger charge is 2.12. The molecule has 0 aliphatic rings. The van der Waals surface area contributed by atoms with Crippen LogP contribution in [0.4, 0.5) is 0 Å². The van der Waals surface area contributed by atoms with E-state index in [9.17, 15) is 0 Å². The first-order valence-electron chi connectivity index (χ1n) is 9.05. The molecule has 0 atom stereocenters. The summed E-state index contributed by atoms with van der Waals surface area (Å²) in [6, 6.07) is 23.0. The average molecular weight is 374 g/mol. The van der Waals surface area contributed by atoms with Crippen LogP contribution in [0.2, 0.25) is 5.02 Å². The van der Waals surface area contributed by atoms with Crippen LogP contribution in [-0.4, -0.2) is 4.57 Å². The van der Waals surface area contributed by atoms with E-state index < -0.39 is 0 Å². The van der Waals surface area contributed by atoms with Gasteiger partial charge in [0.2, 0.25) is 11.2 Å². The molecule has 2 heterocycles. The minimum absolute atomic E-state index is 0.755. The van der Waals surface area contributed by atoms with E-state index in [4.69, 9.17) is 11.6 Å². The Kier molecular flexibility index (Phi) is 4.59. The largest absolute Gasteiger partial charge is 0.318 e. The molecule has 0 unspecified atom stereocenters. The van der Waals surface area contributed by atoms with Crippen molar-refractivity contribution in [3.63, 3.8) is 0 Å². The molecule has 4 aromatic rings. The predicted octanol–water partition coefficient (Wildman–Crippen LogP) is 5.90.